The van der Waals surface area contributed by atoms with Crippen LogP contribution in [0.15, 0.2) is 12.2 Å². The Morgan fingerprint density at radius 2 is 1.53 bits per heavy atom. The van der Waals surface area contributed by atoms with Crippen molar-refractivity contribution < 1.29 is 4.74 Å². The van der Waals surface area contributed by atoms with Gasteiger partial charge in [-0.1, -0.05) is 60.6 Å². The van der Waals surface area contributed by atoms with E-state index in [0.29, 0.717) is 38.6 Å². The van der Waals surface area contributed by atoms with Crippen molar-refractivity contribution in [2.24, 2.45) is 56.2 Å². The Hall–Kier alpha value is -0.300. The molecule has 0 radical (unpaired) electrons. The van der Waals surface area contributed by atoms with Crippen LogP contribution in [0.25, 0.3) is 0 Å². The Labute approximate surface area is 225 Å². The summed E-state index contributed by atoms with van der Waals surface area (Å²) in [7, 11) is 1.97. The summed E-state index contributed by atoms with van der Waals surface area (Å²) in [6.07, 6.45) is 18.9. The third kappa shape index (κ3) is 3.23. The molecule has 5 saturated carbocycles. The van der Waals surface area contributed by atoms with E-state index in [1.165, 1.54) is 82.6 Å². The van der Waals surface area contributed by atoms with Crippen LogP contribution in [0, 0.1) is 56.2 Å². The number of hydrogen-bond donors (Lipinski definition) is 0. The summed E-state index contributed by atoms with van der Waals surface area (Å²) >= 11 is 0. The molecule has 0 amide bonds. The molecule has 0 aromatic heterocycles. The van der Waals surface area contributed by atoms with Gasteiger partial charge in [0.15, 0.2) is 0 Å². The molecule has 1 heteroatoms. The van der Waals surface area contributed by atoms with Crippen molar-refractivity contribution in [3.8, 4) is 0 Å². The van der Waals surface area contributed by atoms with Gasteiger partial charge in [0.05, 0.1) is 6.10 Å². The minimum absolute atomic E-state index is 0.337. The molecule has 5 aliphatic rings. The number of rotatable bonds is 8. The second-order valence-electron chi connectivity index (χ2n) is 16.0. The van der Waals surface area contributed by atoms with Crippen LogP contribution in [-0.2, 0) is 4.74 Å². The SMILES string of the molecule is C=C(C)C(CC)(CC)CCC(C)C1CCC2(C)C3CCC4C(C)(C)C(OC)CCC45CC35CCC12C. The van der Waals surface area contributed by atoms with Crippen LogP contribution in [0.2, 0.25) is 0 Å². The van der Waals surface area contributed by atoms with Crippen molar-refractivity contribution in [2.45, 2.75) is 145 Å². The molecule has 0 aromatic carbocycles. The van der Waals surface area contributed by atoms with Gasteiger partial charge in [0.2, 0.25) is 0 Å². The Morgan fingerprint density at radius 1 is 0.889 bits per heavy atom. The Kier molecular flexibility index (Phi) is 6.51. The lowest BCUT2D eigenvalue weighted by atomic mass is 9.41. The lowest BCUT2D eigenvalue weighted by Crippen LogP contribution is -2.57. The van der Waals surface area contributed by atoms with Gasteiger partial charge < -0.3 is 4.74 Å². The fourth-order valence-electron chi connectivity index (χ4n) is 12.8. The van der Waals surface area contributed by atoms with E-state index in [4.69, 9.17) is 4.74 Å². The zero-order chi connectivity index (χ0) is 26.4. The largest absolute Gasteiger partial charge is 0.381 e. The van der Waals surface area contributed by atoms with Crippen LogP contribution in [-0.4, -0.2) is 13.2 Å². The smallest absolute Gasteiger partial charge is 0.0625 e. The van der Waals surface area contributed by atoms with Crippen LogP contribution in [0.4, 0.5) is 0 Å². The fourth-order valence-corrected chi connectivity index (χ4v) is 12.8. The van der Waals surface area contributed by atoms with Crippen LogP contribution in [0.1, 0.15) is 139 Å². The first-order valence-electron chi connectivity index (χ1n) is 16.0. The summed E-state index contributed by atoms with van der Waals surface area (Å²) in [4.78, 5) is 0. The fraction of sp³-hybridized carbons (Fsp3) is 0.943. The van der Waals surface area contributed by atoms with E-state index in [0.717, 1.165) is 23.7 Å². The highest BCUT2D eigenvalue weighted by Gasteiger charge is 2.82. The van der Waals surface area contributed by atoms with Gasteiger partial charge in [-0.15, -0.1) is 0 Å². The zero-order valence-electron chi connectivity index (χ0n) is 25.7. The maximum absolute atomic E-state index is 6.07. The summed E-state index contributed by atoms with van der Waals surface area (Å²) < 4.78 is 6.07. The third-order valence-electron chi connectivity index (χ3n) is 15.4. The van der Waals surface area contributed by atoms with E-state index in [1.54, 1.807) is 6.42 Å². The molecule has 5 fully saturated rings. The zero-order valence-corrected chi connectivity index (χ0v) is 25.7. The molecule has 1 nitrogen and oxygen atoms in total. The Balaban J connectivity index is 1.37. The van der Waals surface area contributed by atoms with E-state index in [-0.39, 0.29) is 0 Å². The van der Waals surface area contributed by atoms with Gasteiger partial charge in [-0.05, 0) is 147 Å². The standard InChI is InChI=1S/C35H60O/c1-11-33(12-2,24(3)4)19-15-25(5)26-16-18-32(9)28-14-13-27-30(6,7)29(36-10)17-20-34(27)23-35(28,34)22-21-31(26,32)8/h25-29H,3,11-23H2,1-2,4-10H3. The molecule has 0 aromatic rings. The van der Waals surface area contributed by atoms with Gasteiger partial charge in [0.25, 0.3) is 0 Å². The molecule has 5 rings (SSSR count). The second-order valence-corrected chi connectivity index (χ2v) is 16.0. The van der Waals surface area contributed by atoms with Gasteiger partial charge in [-0.3, -0.25) is 0 Å². The molecule has 5 aliphatic carbocycles. The number of hydrogen-bond acceptors (Lipinski definition) is 1. The van der Waals surface area contributed by atoms with Crippen LogP contribution in [0.3, 0.4) is 0 Å². The Morgan fingerprint density at radius 3 is 2.14 bits per heavy atom. The predicted molar refractivity (Wildman–Crippen MR) is 154 cm³/mol. The van der Waals surface area contributed by atoms with E-state index < -0.39 is 0 Å². The van der Waals surface area contributed by atoms with E-state index in [1.807, 2.05) is 7.11 Å². The quantitative estimate of drug-likeness (QED) is 0.304. The van der Waals surface area contributed by atoms with Gasteiger partial charge in [-0.25, -0.2) is 0 Å². The summed E-state index contributed by atoms with van der Waals surface area (Å²) in [5, 5.41) is 0. The van der Waals surface area contributed by atoms with Gasteiger partial charge in [-0.2, -0.15) is 0 Å². The molecule has 0 bridgehead atoms. The van der Waals surface area contributed by atoms with Crippen molar-refractivity contribution in [1.29, 1.82) is 0 Å². The lowest BCUT2D eigenvalue weighted by Gasteiger charge is -2.63. The van der Waals surface area contributed by atoms with Crippen molar-refractivity contribution >= 4 is 0 Å². The van der Waals surface area contributed by atoms with E-state index in [2.05, 4.69) is 62.0 Å². The molecule has 2 spiro atoms. The second kappa shape index (κ2) is 8.60. The van der Waals surface area contributed by atoms with Crippen molar-refractivity contribution in [1.82, 2.24) is 0 Å². The first kappa shape index (κ1) is 27.3. The molecular weight excluding hydrogens is 436 g/mol. The number of allylic oxidation sites excluding steroid dienone is 1. The highest BCUT2D eigenvalue weighted by Crippen LogP contribution is 2.89. The maximum Gasteiger partial charge on any atom is 0.0625 e. The third-order valence-corrected chi connectivity index (χ3v) is 15.4. The first-order valence-corrected chi connectivity index (χ1v) is 16.0. The molecule has 0 heterocycles. The Bertz CT molecular complexity index is 866. The van der Waals surface area contributed by atoms with Crippen LogP contribution < -0.4 is 0 Å². The van der Waals surface area contributed by atoms with Crippen molar-refractivity contribution in [2.75, 3.05) is 7.11 Å². The average molecular weight is 497 g/mol. The molecule has 206 valence electrons. The van der Waals surface area contributed by atoms with Crippen molar-refractivity contribution in [3.63, 3.8) is 0 Å². The highest BCUT2D eigenvalue weighted by atomic mass is 16.5. The maximum atomic E-state index is 6.07. The molecule has 9 atom stereocenters. The van der Waals surface area contributed by atoms with Gasteiger partial charge >= 0.3 is 0 Å². The highest BCUT2D eigenvalue weighted by molar-refractivity contribution is 5.30. The molecule has 0 aliphatic heterocycles. The normalized spacial score (nSPS) is 47.8. The van der Waals surface area contributed by atoms with Gasteiger partial charge in [0.1, 0.15) is 0 Å². The van der Waals surface area contributed by atoms with Crippen LogP contribution >= 0.6 is 0 Å². The molecule has 0 N–H and O–H groups in total. The predicted octanol–water partition coefficient (Wildman–Crippen LogP) is 10.2. The summed E-state index contributed by atoms with van der Waals surface area (Å²) in [5.74, 6) is 3.59. The summed E-state index contributed by atoms with van der Waals surface area (Å²) in [5.41, 5.74) is 4.50. The average Bonchev–Trinajstić information content (AvgIpc) is 3.41. The van der Waals surface area contributed by atoms with E-state index in [9.17, 15) is 0 Å². The lowest BCUT2D eigenvalue weighted by molar-refractivity contribution is -0.166. The number of methoxy groups -OCH3 is 1. The summed E-state index contributed by atoms with van der Waals surface area (Å²) in [6, 6.07) is 0. The minimum atomic E-state index is 0.337. The van der Waals surface area contributed by atoms with Crippen molar-refractivity contribution in [3.05, 3.63) is 12.2 Å². The topological polar surface area (TPSA) is 9.23 Å². The molecule has 9 unspecified atom stereocenters. The first-order chi connectivity index (χ1) is 16.8. The summed E-state index contributed by atoms with van der Waals surface area (Å²) in [6.45, 7) is 24.8. The number of fused-ring (bicyclic) bond motifs is 2. The molecular formula is C35H60O. The minimum Gasteiger partial charge on any atom is -0.381 e. The molecule has 0 saturated heterocycles. The van der Waals surface area contributed by atoms with Gasteiger partial charge in [0, 0.05) is 7.11 Å². The van der Waals surface area contributed by atoms with Crippen LogP contribution in [0.5, 0.6) is 0 Å². The monoisotopic (exact) mass is 496 g/mol. The van der Waals surface area contributed by atoms with E-state index >= 15 is 0 Å². The molecule has 36 heavy (non-hydrogen) atoms. The number of ether oxygens (including phenoxy) is 1.